The zero-order valence-corrected chi connectivity index (χ0v) is 19.2. The van der Waals surface area contributed by atoms with Gasteiger partial charge in [0.05, 0.1) is 17.1 Å². The number of piperidine rings is 1. The van der Waals surface area contributed by atoms with Gasteiger partial charge in [-0.25, -0.2) is 9.20 Å². The second-order valence-electron chi connectivity index (χ2n) is 8.89. The largest absolute Gasteiger partial charge is 0.303 e. The van der Waals surface area contributed by atoms with Crippen molar-refractivity contribution in [2.75, 3.05) is 19.6 Å². The van der Waals surface area contributed by atoms with Crippen LogP contribution in [0.5, 0.6) is 0 Å². The van der Waals surface area contributed by atoms with Gasteiger partial charge in [-0.2, -0.15) is 10.2 Å². The first-order valence-corrected chi connectivity index (χ1v) is 12.1. The molecule has 5 rings (SSSR count). The fraction of sp³-hybridized carbons (Fsp3) is 0.370. The molecule has 170 valence electrons. The minimum absolute atomic E-state index is 0.0298. The Bertz CT molecular complexity index is 1270. The van der Waals surface area contributed by atoms with E-state index >= 15 is 0 Å². The van der Waals surface area contributed by atoms with E-state index in [4.69, 9.17) is 5.10 Å². The number of pyridine rings is 1. The molecular weight excluding hydrogens is 410 g/mol. The summed E-state index contributed by atoms with van der Waals surface area (Å²) in [5, 5.41) is 9.34. The van der Waals surface area contributed by atoms with Crippen molar-refractivity contribution in [2.24, 2.45) is 0 Å². The average molecular weight is 442 g/mol. The van der Waals surface area contributed by atoms with Crippen LogP contribution in [0.15, 0.2) is 71.8 Å². The molecule has 4 aromatic rings. The molecule has 0 N–H and O–H groups in total. The molecule has 4 heterocycles. The van der Waals surface area contributed by atoms with Gasteiger partial charge in [0.25, 0.3) is 5.56 Å². The highest BCUT2D eigenvalue weighted by Crippen LogP contribution is 2.33. The van der Waals surface area contributed by atoms with Crippen molar-refractivity contribution >= 4 is 5.52 Å². The van der Waals surface area contributed by atoms with E-state index in [1.807, 2.05) is 65.3 Å². The van der Waals surface area contributed by atoms with Gasteiger partial charge in [0, 0.05) is 36.6 Å². The first-order valence-electron chi connectivity index (χ1n) is 12.1. The molecule has 0 amide bonds. The predicted molar refractivity (Wildman–Crippen MR) is 132 cm³/mol. The van der Waals surface area contributed by atoms with Crippen molar-refractivity contribution in [1.82, 2.24) is 24.3 Å². The Morgan fingerprint density at radius 2 is 1.76 bits per heavy atom. The van der Waals surface area contributed by atoms with Crippen LogP contribution in [0.4, 0.5) is 0 Å². The lowest BCUT2D eigenvalue weighted by Crippen LogP contribution is -2.39. The Balaban J connectivity index is 1.50. The molecule has 1 fully saturated rings. The van der Waals surface area contributed by atoms with Crippen LogP contribution in [-0.2, 0) is 0 Å². The lowest BCUT2D eigenvalue weighted by atomic mass is 10.0. The van der Waals surface area contributed by atoms with Crippen molar-refractivity contribution in [3.05, 3.63) is 77.3 Å². The van der Waals surface area contributed by atoms with Gasteiger partial charge < -0.3 is 4.90 Å². The Labute approximate surface area is 194 Å². The Kier molecular flexibility index (Phi) is 6.35. The van der Waals surface area contributed by atoms with Crippen LogP contribution in [0.2, 0.25) is 0 Å². The average Bonchev–Trinajstić information content (AvgIpc) is 3.25. The van der Waals surface area contributed by atoms with E-state index in [0.717, 1.165) is 54.8 Å². The van der Waals surface area contributed by atoms with E-state index in [1.165, 1.54) is 19.3 Å². The van der Waals surface area contributed by atoms with Gasteiger partial charge in [-0.05, 0) is 44.0 Å². The van der Waals surface area contributed by atoms with Gasteiger partial charge >= 0.3 is 0 Å². The maximum absolute atomic E-state index is 13.7. The smallest absolute Gasteiger partial charge is 0.275 e. The zero-order valence-electron chi connectivity index (χ0n) is 19.2. The number of nitrogens with zero attached hydrogens (tertiary/aromatic N) is 5. The summed E-state index contributed by atoms with van der Waals surface area (Å²) >= 11 is 0. The van der Waals surface area contributed by atoms with Gasteiger partial charge in [-0.15, -0.1) is 0 Å². The molecule has 0 radical (unpaired) electrons. The van der Waals surface area contributed by atoms with E-state index in [1.54, 1.807) is 10.9 Å². The number of hydrogen-bond donors (Lipinski definition) is 0. The van der Waals surface area contributed by atoms with Crippen LogP contribution in [0.3, 0.4) is 0 Å². The maximum Gasteiger partial charge on any atom is 0.275 e. The van der Waals surface area contributed by atoms with Crippen LogP contribution in [0.1, 0.15) is 45.1 Å². The second kappa shape index (κ2) is 9.71. The van der Waals surface area contributed by atoms with Crippen LogP contribution >= 0.6 is 0 Å². The predicted octanol–water partition coefficient (Wildman–Crippen LogP) is 5.05. The lowest BCUT2D eigenvalue weighted by molar-refractivity contribution is 0.174. The Morgan fingerprint density at radius 3 is 2.55 bits per heavy atom. The fourth-order valence-electron chi connectivity index (χ4n) is 4.91. The first-order chi connectivity index (χ1) is 16.3. The molecule has 0 aliphatic carbocycles. The van der Waals surface area contributed by atoms with Gasteiger partial charge in [0.15, 0.2) is 0 Å². The zero-order chi connectivity index (χ0) is 22.6. The second-order valence-corrected chi connectivity index (χ2v) is 8.89. The summed E-state index contributed by atoms with van der Waals surface area (Å²) in [6.45, 7) is 5.45. The van der Waals surface area contributed by atoms with Crippen LogP contribution < -0.4 is 5.56 Å². The summed E-state index contributed by atoms with van der Waals surface area (Å²) in [5.41, 5.74) is 4.26. The summed E-state index contributed by atoms with van der Waals surface area (Å²) in [6, 6.07) is 18.0. The molecule has 6 heteroatoms. The third kappa shape index (κ3) is 4.35. The lowest BCUT2D eigenvalue weighted by Gasteiger charge is -2.32. The minimum atomic E-state index is -0.0298. The SMILES string of the molecule is CCCCCN1CCC(n2nccc(-c3c(-c4ccccc4)nn4ccccc34)c2=O)CC1. The third-order valence-electron chi connectivity index (χ3n) is 6.71. The van der Waals surface area contributed by atoms with Crippen LogP contribution in [0, 0.1) is 0 Å². The molecule has 33 heavy (non-hydrogen) atoms. The molecule has 1 saturated heterocycles. The van der Waals surface area contributed by atoms with Crippen molar-refractivity contribution in [2.45, 2.75) is 45.1 Å². The van der Waals surface area contributed by atoms with Crippen molar-refractivity contribution in [1.29, 1.82) is 0 Å². The summed E-state index contributed by atoms with van der Waals surface area (Å²) in [5.74, 6) is 0. The molecule has 0 spiro atoms. The Hall–Kier alpha value is -3.25. The number of likely N-dealkylation sites (tertiary alicyclic amines) is 1. The van der Waals surface area contributed by atoms with Crippen molar-refractivity contribution < 1.29 is 0 Å². The molecule has 0 saturated carbocycles. The van der Waals surface area contributed by atoms with Gasteiger partial charge in [-0.3, -0.25) is 4.79 Å². The first kappa shape index (κ1) is 21.6. The third-order valence-corrected chi connectivity index (χ3v) is 6.71. The molecule has 0 bridgehead atoms. The molecule has 1 aromatic carbocycles. The molecule has 0 unspecified atom stereocenters. The number of rotatable bonds is 7. The number of hydrogen-bond acceptors (Lipinski definition) is 4. The standard InChI is InChI=1S/C27H31N5O/c1-2-3-8-17-30-19-14-22(15-20-30)32-27(33)23(13-16-28-32)25-24-12-7-9-18-31(24)29-26(25)21-10-5-4-6-11-21/h4-7,9-13,16,18,22H,2-3,8,14-15,17,19-20H2,1H3. The number of benzene rings is 1. The van der Waals surface area contributed by atoms with Crippen LogP contribution in [0.25, 0.3) is 27.9 Å². The molecule has 0 atom stereocenters. The van der Waals surface area contributed by atoms with Crippen LogP contribution in [-0.4, -0.2) is 43.9 Å². The molecular formula is C27H31N5O. The summed E-state index contributed by atoms with van der Waals surface area (Å²) < 4.78 is 3.58. The highest BCUT2D eigenvalue weighted by Gasteiger charge is 2.25. The van der Waals surface area contributed by atoms with Crippen molar-refractivity contribution in [3.63, 3.8) is 0 Å². The quantitative estimate of drug-likeness (QED) is 0.377. The van der Waals surface area contributed by atoms with Gasteiger partial charge in [0.2, 0.25) is 0 Å². The highest BCUT2D eigenvalue weighted by atomic mass is 16.1. The topological polar surface area (TPSA) is 55.4 Å². The maximum atomic E-state index is 13.7. The monoisotopic (exact) mass is 441 g/mol. The number of aromatic nitrogens is 4. The van der Waals surface area contributed by atoms with E-state index < -0.39 is 0 Å². The van der Waals surface area contributed by atoms with E-state index in [-0.39, 0.29) is 11.6 Å². The summed E-state index contributed by atoms with van der Waals surface area (Å²) in [6.07, 6.45) is 9.41. The molecule has 3 aromatic heterocycles. The fourth-order valence-corrected chi connectivity index (χ4v) is 4.91. The summed E-state index contributed by atoms with van der Waals surface area (Å²) in [7, 11) is 0. The number of fused-ring (bicyclic) bond motifs is 1. The van der Waals surface area contributed by atoms with Gasteiger partial charge in [-0.1, -0.05) is 56.2 Å². The van der Waals surface area contributed by atoms with E-state index in [2.05, 4.69) is 16.9 Å². The van der Waals surface area contributed by atoms with E-state index in [0.29, 0.717) is 5.56 Å². The Morgan fingerprint density at radius 1 is 0.970 bits per heavy atom. The molecule has 6 nitrogen and oxygen atoms in total. The molecule has 1 aliphatic heterocycles. The minimum Gasteiger partial charge on any atom is -0.303 e. The van der Waals surface area contributed by atoms with E-state index in [9.17, 15) is 4.79 Å². The highest BCUT2D eigenvalue weighted by molar-refractivity contribution is 5.91. The molecule has 1 aliphatic rings. The normalized spacial score (nSPS) is 15.3. The van der Waals surface area contributed by atoms with Gasteiger partial charge in [0.1, 0.15) is 5.69 Å². The van der Waals surface area contributed by atoms with Crippen molar-refractivity contribution in [3.8, 4) is 22.4 Å². The number of unbranched alkanes of at least 4 members (excludes halogenated alkanes) is 2. The summed E-state index contributed by atoms with van der Waals surface area (Å²) in [4.78, 5) is 16.3.